The smallest absolute Gasteiger partial charge is 0.254 e. The second-order valence-electron chi connectivity index (χ2n) is 7.84. The lowest BCUT2D eigenvalue weighted by Crippen LogP contribution is -2.40. The van der Waals surface area contributed by atoms with E-state index in [9.17, 15) is 14.3 Å². The minimum absolute atomic E-state index is 0.131. The number of aromatic hydroxyl groups is 1. The molecule has 0 spiro atoms. The molecule has 0 aliphatic carbocycles. The van der Waals surface area contributed by atoms with E-state index in [1.165, 1.54) is 32.4 Å². The van der Waals surface area contributed by atoms with Crippen LogP contribution in [-0.2, 0) is 6.42 Å². The van der Waals surface area contributed by atoms with Crippen LogP contribution >= 0.6 is 0 Å². The molecule has 1 unspecified atom stereocenters. The number of phenolic OH excluding ortho intramolecular Hbond substituents is 1. The molecule has 0 bridgehead atoms. The van der Waals surface area contributed by atoms with Gasteiger partial charge in [0.2, 0.25) is 12.5 Å². The molecule has 7 nitrogen and oxygen atoms in total. The third-order valence-electron chi connectivity index (χ3n) is 6.01. The van der Waals surface area contributed by atoms with Gasteiger partial charge in [0.15, 0.2) is 23.0 Å². The molecule has 33 heavy (non-hydrogen) atoms. The van der Waals surface area contributed by atoms with Crippen LogP contribution in [0.1, 0.15) is 33.1 Å². The molecule has 0 radical (unpaired) electrons. The van der Waals surface area contributed by atoms with Crippen LogP contribution in [0, 0.1) is 5.82 Å². The first-order valence-corrected chi connectivity index (χ1v) is 10.4. The van der Waals surface area contributed by atoms with Crippen molar-refractivity contribution >= 4 is 5.91 Å². The summed E-state index contributed by atoms with van der Waals surface area (Å²) in [5.41, 5.74) is 2.79. The largest absolute Gasteiger partial charge is 0.502 e. The van der Waals surface area contributed by atoms with E-state index in [1.54, 1.807) is 23.1 Å². The molecule has 3 aromatic carbocycles. The third kappa shape index (κ3) is 3.57. The average molecular weight is 451 g/mol. The van der Waals surface area contributed by atoms with Crippen molar-refractivity contribution < 1.29 is 33.2 Å². The highest BCUT2D eigenvalue weighted by molar-refractivity contribution is 5.95. The van der Waals surface area contributed by atoms with Crippen LogP contribution in [0.3, 0.4) is 0 Å². The fourth-order valence-corrected chi connectivity index (χ4v) is 4.45. The van der Waals surface area contributed by atoms with E-state index in [1.807, 2.05) is 12.1 Å². The molecule has 170 valence electrons. The quantitative estimate of drug-likeness (QED) is 0.645. The van der Waals surface area contributed by atoms with Crippen molar-refractivity contribution in [2.45, 2.75) is 12.5 Å². The highest BCUT2D eigenvalue weighted by Crippen LogP contribution is 2.46. The molecule has 1 amide bonds. The molecule has 0 saturated carbocycles. The highest BCUT2D eigenvalue weighted by Gasteiger charge is 2.35. The number of hydrogen-bond acceptors (Lipinski definition) is 6. The molecule has 0 aromatic heterocycles. The van der Waals surface area contributed by atoms with Gasteiger partial charge in [0, 0.05) is 12.1 Å². The van der Waals surface area contributed by atoms with Crippen LogP contribution in [0.2, 0.25) is 0 Å². The zero-order valence-electron chi connectivity index (χ0n) is 18.1. The van der Waals surface area contributed by atoms with Gasteiger partial charge in [-0.2, -0.15) is 0 Å². The normalized spacial score (nSPS) is 16.3. The number of fused-ring (bicyclic) bond motifs is 2. The summed E-state index contributed by atoms with van der Waals surface area (Å²) in [6, 6.07) is 12.2. The number of nitrogens with zero attached hydrogens (tertiary/aromatic N) is 1. The van der Waals surface area contributed by atoms with Crippen LogP contribution in [0.5, 0.6) is 28.7 Å². The summed E-state index contributed by atoms with van der Waals surface area (Å²) in [5, 5.41) is 10.4. The number of ether oxygens (including phenoxy) is 4. The topological polar surface area (TPSA) is 77.5 Å². The van der Waals surface area contributed by atoms with Gasteiger partial charge in [-0.25, -0.2) is 4.39 Å². The predicted molar refractivity (Wildman–Crippen MR) is 117 cm³/mol. The molecule has 5 rings (SSSR count). The summed E-state index contributed by atoms with van der Waals surface area (Å²) < 4.78 is 35.7. The molecular formula is C25H22FNO6. The van der Waals surface area contributed by atoms with E-state index < -0.39 is 11.9 Å². The Morgan fingerprint density at radius 3 is 2.42 bits per heavy atom. The monoisotopic (exact) mass is 451 g/mol. The number of carbonyl (C=O) groups is 1. The van der Waals surface area contributed by atoms with E-state index in [0.717, 1.165) is 11.1 Å². The summed E-state index contributed by atoms with van der Waals surface area (Å²) in [5.74, 6) is 0.772. The van der Waals surface area contributed by atoms with E-state index >= 15 is 0 Å². The lowest BCUT2D eigenvalue weighted by atomic mass is 9.87. The van der Waals surface area contributed by atoms with Crippen molar-refractivity contribution in [1.82, 2.24) is 4.90 Å². The van der Waals surface area contributed by atoms with Gasteiger partial charge in [-0.15, -0.1) is 0 Å². The molecule has 0 fully saturated rings. The van der Waals surface area contributed by atoms with Crippen LogP contribution in [-0.4, -0.2) is 43.5 Å². The van der Waals surface area contributed by atoms with Crippen LogP contribution in [0.25, 0.3) is 0 Å². The maximum absolute atomic E-state index is 13.9. The number of rotatable bonds is 4. The summed E-state index contributed by atoms with van der Waals surface area (Å²) in [7, 11) is 2.89. The van der Waals surface area contributed by atoms with E-state index in [2.05, 4.69) is 0 Å². The molecule has 2 aliphatic heterocycles. The van der Waals surface area contributed by atoms with Gasteiger partial charge in [0.05, 0.1) is 20.3 Å². The Kier molecular flexibility index (Phi) is 5.20. The van der Waals surface area contributed by atoms with Crippen molar-refractivity contribution in [3.8, 4) is 28.7 Å². The predicted octanol–water partition coefficient (Wildman–Crippen LogP) is 4.07. The van der Waals surface area contributed by atoms with E-state index in [4.69, 9.17) is 18.9 Å². The number of phenols is 1. The van der Waals surface area contributed by atoms with Crippen molar-refractivity contribution in [3.63, 3.8) is 0 Å². The lowest BCUT2D eigenvalue weighted by Gasteiger charge is -2.38. The van der Waals surface area contributed by atoms with Gasteiger partial charge in [-0.1, -0.05) is 6.07 Å². The standard InChI is InChI=1S/C25H22FNO6/c1-30-21-10-16(11-22(31-2)24(21)28)23-18-12-20-19(32-13-33-20)9-14(18)6-7-27(23)25(29)15-4-3-5-17(26)8-15/h3-5,8-12,23,28H,6-7,13H2,1-2H3. The number of carbonyl (C=O) groups excluding carboxylic acids is 1. The molecule has 8 heteroatoms. The summed E-state index contributed by atoms with van der Waals surface area (Å²) in [6.07, 6.45) is 0.593. The average Bonchev–Trinajstić information content (AvgIpc) is 3.29. The SMILES string of the molecule is COc1cc(C2c3cc4c(cc3CCN2C(=O)c2cccc(F)c2)OCO4)cc(OC)c1O. The fraction of sp³-hybridized carbons (Fsp3) is 0.240. The Morgan fingerprint density at radius 2 is 1.76 bits per heavy atom. The Hall–Kier alpha value is -3.94. The summed E-state index contributed by atoms with van der Waals surface area (Å²) in [6.45, 7) is 0.536. The summed E-state index contributed by atoms with van der Waals surface area (Å²) >= 11 is 0. The van der Waals surface area contributed by atoms with Crippen molar-refractivity contribution in [3.05, 3.63) is 76.6 Å². The third-order valence-corrected chi connectivity index (χ3v) is 6.01. The van der Waals surface area contributed by atoms with Gasteiger partial charge in [-0.3, -0.25) is 4.79 Å². The Balaban J connectivity index is 1.68. The zero-order chi connectivity index (χ0) is 23.1. The molecule has 2 aliphatic rings. The minimum atomic E-state index is -0.553. The number of methoxy groups -OCH3 is 2. The molecule has 3 aromatic rings. The summed E-state index contributed by atoms with van der Waals surface area (Å²) in [4.78, 5) is 15.2. The number of halogens is 1. The molecule has 0 saturated heterocycles. The first-order valence-electron chi connectivity index (χ1n) is 10.4. The first kappa shape index (κ1) is 20.9. The van der Waals surface area contributed by atoms with Crippen molar-refractivity contribution in [1.29, 1.82) is 0 Å². The molecule has 2 heterocycles. The van der Waals surface area contributed by atoms with Gasteiger partial charge >= 0.3 is 0 Å². The number of hydrogen-bond donors (Lipinski definition) is 1. The molecular weight excluding hydrogens is 429 g/mol. The van der Waals surface area contributed by atoms with Crippen LogP contribution in [0.4, 0.5) is 4.39 Å². The van der Waals surface area contributed by atoms with E-state index in [0.29, 0.717) is 30.0 Å². The Bertz CT molecular complexity index is 1220. The molecule has 1 N–H and O–H groups in total. The van der Waals surface area contributed by atoms with E-state index in [-0.39, 0.29) is 35.5 Å². The Morgan fingerprint density at radius 1 is 1.06 bits per heavy atom. The van der Waals surface area contributed by atoms with Crippen LogP contribution < -0.4 is 18.9 Å². The zero-order valence-corrected chi connectivity index (χ0v) is 18.1. The van der Waals surface area contributed by atoms with Gasteiger partial charge in [0.25, 0.3) is 5.91 Å². The number of amides is 1. The fourth-order valence-electron chi connectivity index (χ4n) is 4.45. The second kappa shape index (κ2) is 8.20. The lowest BCUT2D eigenvalue weighted by molar-refractivity contribution is 0.0693. The number of benzene rings is 3. The Labute approximate surface area is 189 Å². The maximum atomic E-state index is 13.9. The van der Waals surface area contributed by atoms with Gasteiger partial charge < -0.3 is 29.0 Å². The van der Waals surface area contributed by atoms with Gasteiger partial charge in [0.1, 0.15) is 5.82 Å². The maximum Gasteiger partial charge on any atom is 0.254 e. The minimum Gasteiger partial charge on any atom is -0.502 e. The van der Waals surface area contributed by atoms with Gasteiger partial charge in [-0.05, 0) is 65.6 Å². The first-order chi connectivity index (χ1) is 16.0. The van der Waals surface area contributed by atoms with Crippen LogP contribution in [0.15, 0.2) is 48.5 Å². The highest BCUT2D eigenvalue weighted by atomic mass is 19.1. The van der Waals surface area contributed by atoms with Crippen molar-refractivity contribution in [2.24, 2.45) is 0 Å². The second-order valence-corrected chi connectivity index (χ2v) is 7.84. The molecule has 1 atom stereocenters. The van der Waals surface area contributed by atoms with Crippen molar-refractivity contribution in [2.75, 3.05) is 27.6 Å².